The zero-order chi connectivity index (χ0) is 11.3. The van der Waals surface area contributed by atoms with Gasteiger partial charge < -0.3 is 5.32 Å². The van der Waals surface area contributed by atoms with Gasteiger partial charge >= 0.3 is 0 Å². The number of hydrogen-bond donors (Lipinski definition) is 1. The maximum Gasteiger partial charge on any atom is 0.0537 e. The van der Waals surface area contributed by atoms with Gasteiger partial charge in [-0.3, -0.25) is 4.68 Å². The van der Waals surface area contributed by atoms with Gasteiger partial charge in [0.15, 0.2) is 0 Å². The van der Waals surface area contributed by atoms with Crippen molar-refractivity contribution in [1.82, 2.24) is 15.1 Å². The predicted molar refractivity (Wildman–Crippen MR) is 63.8 cm³/mol. The van der Waals surface area contributed by atoms with Crippen molar-refractivity contribution in [2.45, 2.75) is 46.7 Å². The van der Waals surface area contributed by atoms with Crippen LogP contribution < -0.4 is 5.32 Å². The molecule has 2 unspecified atom stereocenters. The van der Waals surface area contributed by atoms with E-state index in [9.17, 15) is 0 Å². The average Bonchev–Trinajstić information content (AvgIpc) is 2.73. The van der Waals surface area contributed by atoms with Crippen molar-refractivity contribution in [3.05, 3.63) is 18.0 Å². The standard InChI is InChI=1S/C12H23N3/c1-5-10(4)12(13-6-2)11-8-14-15(7-3)9-11/h8-10,12-13H,5-7H2,1-4H3. The van der Waals surface area contributed by atoms with Crippen LogP contribution in [-0.2, 0) is 6.54 Å². The van der Waals surface area contributed by atoms with Crippen LogP contribution in [-0.4, -0.2) is 16.3 Å². The summed E-state index contributed by atoms with van der Waals surface area (Å²) in [5, 5.41) is 7.86. The third-order valence-electron chi connectivity index (χ3n) is 2.97. The normalized spacial score (nSPS) is 15.2. The van der Waals surface area contributed by atoms with Gasteiger partial charge in [-0.25, -0.2) is 0 Å². The van der Waals surface area contributed by atoms with E-state index in [4.69, 9.17) is 0 Å². The minimum atomic E-state index is 0.445. The van der Waals surface area contributed by atoms with E-state index in [-0.39, 0.29) is 0 Å². The molecule has 1 N–H and O–H groups in total. The van der Waals surface area contributed by atoms with Crippen LogP contribution in [0.5, 0.6) is 0 Å². The predicted octanol–water partition coefficient (Wildman–Crippen LogP) is 2.60. The van der Waals surface area contributed by atoms with E-state index in [0.717, 1.165) is 13.1 Å². The Hall–Kier alpha value is -0.830. The molecule has 1 rings (SSSR count). The molecule has 0 radical (unpaired) electrons. The van der Waals surface area contributed by atoms with Crippen LogP contribution in [0.4, 0.5) is 0 Å². The van der Waals surface area contributed by atoms with Gasteiger partial charge in [-0.1, -0.05) is 27.2 Å². The lowest BCUT2D eigenvalue weighted by molar-refractivity contribution is 0.383. The van der Waals surface area contributed by atoms with Gasteiger partial charge in [-0.15, -0.1) is 0 Å². The summed E-state index contributed by atoms with van der Waals surface area (Å²) in [5.41, 5.74) is 1.31. The molecule has 1 aromatic heterocycles. The zero-order valence-electron chi connectivity index (χ0n) is 10.3. The maximum absolute atomic E-state index is 4.33. The Balaban J connectivity index is 2.78. The first-order valence-corrected chi connectivity index (χ1v) is 5.98. The number of nitrogens with zero attached hydrogens (tertiary/aromatic N) is 2. The van der Waals surface area contributed by atoms with Gasteiger partial charge in [0.25, 0.3) is 0 Å². The summed E-state index contributed by atoms with van der Waals surface area (Å²) in [6.45, 7) is 10.7. The fourth-order valence-electron chi connectivity index (χ4n) is 1.82. The van der Waals surface area contributed by atoms with Crippen molar-refractivity contribution < 1.29 is 0 Å². The van der Waals surface area contributed by atoms with Crippen LogP contribution >= 0.6 is 0 Å². The van der Waals surface area contributed by atoms with Gasteiger partial charge in [-0.2, -0.15) is 5.10 Å². The van der Waals surface area contributed by atoms with Crippen molar-refractivity contribution in [3.63, 3.8) is 0 Å². The topological polar surface area (TPSA) is 29.9 Å². The SMILES string of the molecule is CCNC(c1cnn(CC)c1)C(C)CC. The Kier molecular flexibility index (Phi) is 4.82. The van der Waals surface area contributed by atoms with Crippen LogP contribution in [0.1, 0.15) is 45.7 Å². The second-order valence-corrected chi connectivity index (χ2v) is 4.05. The van der Waals surface area contributed by atoms with E-state index in [1.165, 1.54) is 12.0 Å². The van der Waals surface area contributed by atoms with Crippen molar-refractivity contribution in [1.29, 1.82) is 0 Å². The summed E-state index contributed by atoms with van der Waals surface area (Å²) < 4.78 is 1.99. The Morgan fingerprint density at radius 2 is 2.13 bits per heavy atom. The summed E-state index contributed by atoms with van der Waals surface area (Å²) in [7, 11) is 0. The molecule has 0 aliphatic carbocycles. The number of rotatable bonds is 6. The molecule has 0 fully saturated rings. The molecule has 1 aromatic rings. The highest BCUT2D eigenvalue weighted by Gasteiger charge is 2.18. The molecule has 15 heavy (non-hydrogen) atoms. The molecule has 86 valence electrons. The van der Waals surface area contributed by atoms with Crippen molar-refractivity contribution in [3.8, 4) is 0 Å². The van der Waals surface area contributed by atoms with E-state index >= 15 is 0 Å². The Morgan fingerprint density at radius 3 is 2.60 bits per heavy atom. The molecule has 0 aromatic carbocycles. The van der Waals surface area contributed by atoms with Crippen LogP contribution in [0.2, 0.25) is 0 Å². The van der Waals surface area contributed by atoms with Crippen molar-refractivity contribution >= 4 is 0 Å². The number of aryl methyl sites for hydroxylation is 1. The summed E-state index contributed by atoms with van der Waals surface area (Å²) >= 11 is 0. The molecular weight excluding hydrogens is 186 g/mol. The lowest BCUT2D eigenvalue weighted by atomic mass is 9.94. The number of hydrogen-bond acceptors (Lipinski definition) is 2. The van der Waals surface area contributed by atoms with E-state index in [2.05, 4.69) is 44.3 Å². The van der Waals surface area contributed by atoms with Crippen LogP contribution in [0.3, 0.4) is 0 Å². The molecular formula is C12H23N3. The average molecular weight is 209 g/mol. The minimum Gasteiger partial charge on any atom is -0.310 e. The first kappa shape index (κ1) is 12.2. The summed E-state index contributed by atoms with van der Waals surface area (Å²) in [6, 6.07) is 0.445. The molecule has 0 aliphatic heterocycles. The third kappa shape index (κ3) is 3.06. The number of nitrogens with one attached hydrogen (secondary N) is 1. The van der Waals surface area contributed by atoms with E-state index in [1.807, 2.05) is 10.9 Å². The Bertz CT molecular complexity index is 280. The maximum atomic E-state index is 4.33. The monoisotopic (exact) mass is 209 g/mol. The fourth-order valence-corrected chi connectivity index (χ4v) is 1.82. The fraction of sp³-hybridized carbons (Fsp3) is 0.750. The second kappa shape index (κ2) is 5.91. The third-order valence-corrected chi connectivity index (χ3v) is 2.97. The molecule has 0 saturated heterocycles. The zero-order valence-corrected chi connectivity index (χ0v) is 10.3. The molecule has 3 nitrogen and oxygen atoms in total. The van der Waals surface area contributed by atoms with Gasteiger partial charge in [0, 0.05) is 24.3 Å². The molecule has 0 amide bonds. The quantitative estimate of drug-likeness (QED) is 0.780. The lowest BCUT2D eigenvalue weighted by Crippen LogP contribution is -2.26. The summed E-state index contributed by atoms with van der Waals surface area (Å²) in [6.07, 6.45) is 5.33. The highest BCUT2D eigenvalue weighted by atomic mass is 15.3. The van der Waals surface area contributed by atoms with E-state index in [0.29, 0.717) is 12.0 Å². The van der Waals surface area contributed by atoms with Crippen LogP contribution in [0.15, 0.2) is 12.4 Å². The molecule has 0 spiro atoms. The minimum absolute atomic E-state index is 0.445. The molecule has 1 heterocycles. The summed E-state index contributed by atoms with van der Waals surface area (Å²) in [4.78, 5) is 0. The van der Waals surface area contributed by atoms with E-state index < -0.39 is 0 Å². The first-order valence-electron chi connectivity index (χ1n) is 5.98. The first-order chi connectivity index (χ1) is 7.22. The van der Waals surface area contributed by atoms with Gasteiger partial charge in [0.1, 0.15) is 0 Å². The Labute approximate surface area is 92.9 Å². The molecule has 0 bridgehead atoms. The smallest absolute Gasteiger partial charge is 0.0537 e. The second-order valence-electron chi connectivity index (χ2n) is 4.05. The molecule has 0 saturated carbocycles. The largest absolute Gasteiger partial charge is 0.310 e. The molecule has 2 atom stereocenters. The summed E-state index contributed by atoms with van der Waals surface area (Å²) in [5.74, 6) is 0.652. The molecule has 0 aliphatic rings. The van der Waals surface area contributed by atoms with Crippen molar-refractivity contribution in [2.24, 2.45) is 5.92 Å². The highest BCUT2D eigenvalue weighted by molar-refractivity contribution is 5.11. The molecule has 3 heteroatoms. The number of aromatic nitrogens is 2. The van der Waals surface area contributed by atoms with Crippen LogP contribution in [0.25, 0.3) is 0 Å². The van der Waals surface area contributed by atoms with Gasteiger partial charge in [0.2, 0.25) is 0 Å². The van der Waals surface area contributed by atoms with Crippen molar-refractivity contribution in [2.75, 3.05) is 6.54 Å². The van der Waals surface area contributed by atoms with E-state index in [1.54, 1.807) is 0 Å². The van der Waals surface area contributed by atoms with Gasteiger partial charge in [0.05, 0.1) is 6.20 Å². The Morgan fingerprint density at radius 1 is 1.40 bits per heavy atom. The highest BCUT2D eigenvalue weighted by Crippen LogP contribution is 2.23. The van der Waals surface area contributed by atoms with Gasteiger partial charge in [-0.05, 0) is 19.4 Å². The lowest BCUT2D eigenvalue weighted by Gasteiger charge is -2.22. The van der Waals surface area contributed by atoms with Crippen LogP contribution in [0, 0.1) is 5.92 Å².